The molecule has 14 heavy (non-hydrogen) atoms. The largest absolute Gasteiger partial charge is 0.491 e. The van der Waals surface area contributed by atoms with Gasteiger partial charge in [-0.25, -0.2) is 0 Å². The average molecular weight is 195 g/mol. The number of aliphatic hydroxyl groups excluding tert-OH is 1. The number of rotatable bonds is 5. The van der Waals surface area contributed by atoms with Gasteiger partial charge in [-0.2, -0.15) is 0 Å². The maximum atomic E-state index is 8.58. The molecule has 0 amide bonds. The van der Waals surface area contributed by atoms with Crippen molar-refractivity contribution in [3.05, 3.63) is 23.8 Å². The van der Waals surface area contributed by atoms with E-state index in [0.717, 1.165) is 24.2 Å². The number of ether oxygens (including phenoxy) is 1. The Morgan fingerprint density at radius 3 is 2.86 bits per heavy atom. The first-order valence-corrected chi connectivity index (χ1v) is 4.84. The fourth-order valence-corrected chi connectivity index (χ4v) is 1.16. The van der Waals surface area contributed by atoms with E-state index < -0.39 is 0 Å². The Bertz CT molecular complexity index is 287. The SMILES string of the molecule is Cc1ccc(N)c(OCCCCO)c1. The highest BCUT2D eigenvalue weighted by Crippen LogP contribution is 2.22. The molecule has 0 spiro atoms. The first-order valence-electron chi connectivity index (χ1n) is 4.84. The minimum Gasteiger partial charge on any atom is -0.491 e. The number of anilines is 1. The Balaban J connectivity index is 2.45. The number of nitrogen functional groups attached to an aromatic ring is 1. The normalized spacial score (nSPS) is 10.1. The molecule has 1 aromatic carbocycles. The van der Waals surface area contributed by atoms with Crippen LogP contribution in [0.4, 0.5) is 5.69 Å². The zero-order valence-corrected chi connectivity index (χ0v) is 8.49. The summed E-state index contributed by atoms with van der Waals surface area (Å²) >= 11 is 0. The average Bonchev–Trinajstić information content (AvgIpc) is 2.18. The molecule has 1 aromatic rings. The summed E-state index contributed by atoms with van der Waals surface area (Å²) in [7, 11) is 0. The fraction of sp³-hybridized carbons (Fsp3) is 0.455. The first-order chi connectivity index (χ1) is 6.74. The second kappa shape index (κ2) is 5.50. The molecular formula is C11H17NO2. The molecule has 0 aromatic heterocycles. The van der Waals surface area contributed by atoms with Crippen LogP contribution < -0.4 is 10.5 Å². The molecule has 0 atom stereocenters. The minimum absolute atomic E-state index is 0.215. The van der Waals surface area contributed by atoms with Gasteiger partial charge in [0.2, 0.25) is 0 Å². The second-order valence-corrected chi connectivity index (χ2v) is 3.32. The van der Waals surface area contributed by atoms with E-state index in [1.165, 1.54) is 0 Å². The van der Waals surface area contributed by atoms with Gasteiger partial charge in [0.25, 0.3) is 0 Å². The molecule has 3 nitrogen and oxygen atoms in total. The van der Waals surface area contributed by atoms with E-state index in [1.54, 1.807) is 0 Å². The summed E-state index contributed by atoms with van der Waals surface area (Å²) in [5.41, 5.74) is 7.53. The Kier molecular flexibility index (Phi) is 4.26. The van der Waals surface area contributed by atoms with Gasteiger partial charge in [-0.3, -0.25) is 0 Å². The molecule has 3 N–H and O–H groups in total. The van der Waals surface area contributed by atoms with Crippen LogP contribution in [0.5, 0.6) is 5.75 Å². The quantitative estimate of drug-likeness (QED) is 0.555. The van der Waals surface area contributed by atoms with Gasteiger partial charge < -0.3 is 15.6 Å². The monoisotopic (exact) mass is 195 g/mol. The van der Waals surface area contributed by atoms with Crippen LogP contribution in [0, 0.1) is 6.92 Å². The maximum absolute atomic E-state index is 8.58. The van der Waals surface area contributed by atoms with Crippen LogP contribution in [0.25, 0.3) is 0 Å². The van der Waals surface area contributed by atoms with Crippen molar-refractivity contribution in [3.63, 3.8) is 0 Å². The third-order valence-electron chi connectivity index (χ3n) is 1.98. The lowest BCUT2D eigenvalue weighted by Crippen LogP contribution is -2.01. The Labute approximate surface area is 84.5 Å². The van der Waals surface area contributed by atoms with Crippen LogP contribution in [0.15, 0.2) is 18.2 Å². The molecule has 0 unspecified atom stereocenters. The third-order valence-corrected chi connectivity index (χ3v) is 1.98. The number of aryl methyl sites for hydroxylation is 1. The Hall–Kier alpha value is -1.22. The van der Waals surface area contributed by atoms with Crippen molar-refractivity contribution in [1.82, 2.24) is 0 Å². The van der Waals surface area contributed by atoms with Crippen molar-refractivity contribution < 1.29 is 9.84 Å². The van der Waals surface area contributed by atoms with Gasteiger partial charge in [0.05, 0.1) is 12.3 Å². The van der Waals surface area contributed by atoms with E-state index in [1.807, 2.05) is 25.1 Å². The summed E-state index contributed by atoms with van der Waals surface area (Å²) < 4.78 is 5.48. The highest BCUT2D eigenvalue weighted by Gasteiger charge is 1.99. The van der Waals surface area contributed by atoms with Crippen LogP contribution in [0.1, 0.15) is 18.4 Å². The molecule has 0 saturated carbocycles. The molecule has 0 fully saturated rings. The highest BCUT2D eigenvalue weighted by molar-refractivity contribution is 5.53. The van der Waals surface area contributed by atoms with E-state index in [2.05, 4.69) is 0 Å². The molecule has 0 aliphatic rings. The van der Waals surface area contributed by atoms with E-state index in [-0.39, 0.29) is 6.61 Å². The molecule has 3 heteroatoms. The van der Waals surface area contributed by atoms with E-state index in [9.17, 15) is 0 Å². The van der Waals surface area contributed by atoms with E-state index in [0.29, 0.717) is 12.3 Å². The number of nitrogens with two attached hydrogens (primary N) is 1. The molecule has 0 radical (unpaired) electrons. The molecule has 0 heterocycles. The predicted octanol–water partition coefficient (Wildman–Crippen LogP) is 1.73. The van der Waals surface area contributed by atoms with Crippen molar-refractivity contribution >= 4 is 5.69 Å². The number of hydrogen-bond donors (Lipinski definition) is 2. The molecule has 1 rings (SSSR count). The number of benzene rings is 1. The summed E-state index contributed by atoms with van der Waals surface area (Å²) in [5, 5.41) is 8.58. The summed E-state index contributed by atoms with van der Waals surface area (Å²) in [5.74, 6) is 0.739. The van der Waals surface area contributed by atoms with Gasteiger partial charge in [0.15, 0.2) is 0 Å². The second-order valence-electron chi connectivity index (χ2n) is 3.32. The van der Waals surface area contributed by atoms with Crippen molar-refractivity contribution in [3.8, 4) is 5.75 Å². The van der Waals surface area contributed by atoms with E-state index in [4.69, 9.17) is 15.6 Å². The van der Waals surface area contributed by atoms with Crippen molar-refractivity contribution in [2.24, 2.45) is 0 Å². The van der Waals surface area contributed by atoms with Crippen molar-refractivity contribution in [2.45, 2.75) is 19.8 Å². The summed E-state index contributed by atoms with van der Waals surface area (Å²) in [6, 6.07) is 5.72. The van der Waals surface area contributed by atoms with Gasteiger partial charge >= 0.3 is 0 Å². The summed E-state index contributed by atoms with van der Waals surface area (Å²) in [6.07, 6.45) is 1.62. The zero-order valence-electron chi connectivity index (χ0n) is 8.49. The number of hydrogen-bond acceptors (Lipinski definition) is 3. The number of unbranched alkanes of at least 4 members (excludes halogenated alkanes) is 1. The van der Waals surface area contributed by atoms with Gasteiger partial charge in [-0.15, -0.1) is 0 Å². The fourth-order valence-electron chi connectivity index (χ4n) is 1.16. The molecule has 0 saturated heterocycles. The van der Waals surface area contributed by atoms with Crippen LogP contribution in [0.3, 0.4) is 0 Å². The molecule has 0 bridgehead atoms. The Morgan fingerprint density at radius 2 is 2.14 bits per heavy atom. The van der Waals surface area contributed by atoms with Crippen LogP contribution in [-0.2, 0) is 0 Å². The van der Waals surface area contributed by atoms with Crippen molar-refractivity contribution in [2.75, 3.05) is 18.9 Å². The third kappa shape index (κ3) is 3.26. The van der Waals surface area contributed by atoms with Crippen LogP contribution >= 0.6 is 0 Å². The summed E-state index contributed by atoms with van der Waals surface area (Å²) in [6.45, 7) is 2.82. The maximum Gasteiger partial charge on any atom is 0.142 e. The molecule has 0 aliphatic carbocycles. The zero-order chi connectivity index (χ0) is 10.4. The molecular weight excluding hydrogens is 178 g/mol. The topological polar surface area (TPSA) is 55.5 Å². The van der Waals surface area contributed by atoms with Gasteiger partial charge in [-0.1, -0.05) is 6.07 Å². The van der Waals surface area contributed by atoms with E-state index >= 15 is 0 Å². The number of aliphatic hydroxyl groups is 1. The molecule has 0 aliphatic heterocycles. The lowest BCUT2D eigenvalue weighted by atomic mass is 10.2. The highest BCUT2D eigenvalue weighted by atomic mass is 16.5. The van der Waals surface area contributed by atoms with Crippen LogP contribution in [-0.4, -0.2) is 18.3 Å². The smallest absolute Gasteiger partial charge is 0.142 e. The van der Waals surface area contributed by atoms with Gasteiger partial charge in [0, 0.05) is 6.61 Å². The first kappa shape index (κ1) is 10.9. The van der Waals surface area contributed by atoms with Gasteiger partial charge in [-0.05, 0) is 37.5 Å². The predicted molar refractivity (Wildman–Crippen MR) is 57.4 cm³/mol. The van der Waals surface area contributed by atoms with Crippen molar-refractivity contribution in [1.29, 1.82) is 0 Å². The van der Waals surface area contributed by atoms with Gasteiger partial charge in [0.1, 0.15) is 5.75 Å². The standard InChI is InChI=1S/C11H17NO2/c1-9-4-5-10(12)11(8-9)14-7-3-2-6-13/h4-5,8,13H,2-3,6-7,12H2,1H3. The lowest BCUT2D eigenvalue weighted by molar-refractivity contribution is 0.253. The lowest BCUT2D eigenvalue weighted by Gasteiger charge is -2.08. The minimum atomic E-state index is 0.215. The molecule has 78 valence electrons. The summed E-state index contributed by atoms with van der Waals surface area (Å²) in [4.78, 5) is 0. The van der Waals surface area contributed by atoms with Crippen LogP contribution in [0.2, 0.25) is 0 Å². The Morgan fingerprint density at radius 1 is 1.36 bits per heavy atom.